The number of aliphatic hydroxyl groups excluding tert-OH is 1. The average Bonchev–Trinajstić information content (AvgIpc) is 2.67. The molecule has 1 aromatic rings. The first kappa shape index (κ1) is 21.7. The lowest BCUT2D eigenvalue weighted by Gasteiger charge is -2.31. The van der Waals surface area contributed by atoms with E-state index in [1.165, 1.54) is 9.87 Å². The molecule has 1 aliphatic rings. The number of ether oxygens (including phenoxy) is 1. The SMILES string of the molecule is CCCCCC#C[C](O)CS(=O)(=O)N1CCC(c2ccc(OC)cc2)CC1. The van der Waals surface area contributed by atoms with E-state index in [9.17, 15) is 13.5 Å². The zero-order valence-corrected chi connectivity index (χ0v) is 17.1. The van der Waals surface area contributed by atoms with Crippen LogP contribution in [0.5, 0.6) is 5.75 Å². The van der Waals surface area contributed by atoms with Gasteiger partial charge in [-0.3, -0.25) is 0 Å². The second-order valence-electron chi connectivity index (χ2n) is 6.91. The first-order chi connectivity index (χ1) is 13.0. The highest BCUT2D eigenvalue weighted by molar-refractivity contribution is 7.89. The molecule has 0 spiro atoms. The van der Waals surface area contributed by atoms with Gasteiger partial charge in [0.2, 0.25) is 10.0 Å². The van der Waals surface area contributed by atoms with Crippen LogP contribution in [0, 0.1) is 17.9 Å². The summed E-state index contributed by atoms with van der Waals surface area (Å²) in [5, 5.41) is 9.88. The predicted molar refractivity (Wildman–Crippen MR) is 107 cm³/mol. The average molecular weight is 393 g/mol. The molecule has 1 radical (unpaired) electrons. The maximum absolute atomic E-state index is 12.5. The Bertz CT molecular complexity index is 726. The van der Waals surface area contributed by atoms with Gasteiger partial charge in [-0.2, -0.15) is 0 Å². The molecular weight excluding hydrogens is 362 g/mol. The summed E-state index contributed by atoms with van der Waals surface area (Å²) in [6.45, 7) is 3.05. The van der Waals surface area contributed by atoms with Gasteiger partial charge in [-0.1, -0.05) is 37.8 Å². The second kappa shape index (κ2) is 10.7. The van der Waals surface area contributed by atoms with Crippen LogP contribution in [0.1, 0.15) is 56.9 Å². The Labute approximate surface area is 163 Å². The quantitative estimate of drug-likeness (QED) is 0.541. The van der Waals surface area contributed by atoms with Crippen LogP contribution in [-0.4, -0.2) is 43.8 Å². The van der Waals surface area contributed by atoms with Crippen LogP contribution in [0.2, 0.25) is 0 Å². The van der Waals surface area contributed by atoms with Crippen molar-refractivity contribution in [2.75, 3.05) is 26.0 Å². The summed E-state index contributed by atoms with van der Waals surface area (Å²) in [6, 6.07) is 7.96. The molecule has 0 atom stereocenters. The van der Waals surface area contributed by atoms with Crippen molar-refractivity contribution in [3.8, 4) is 17.6 Å². The topological polar surface area (TPSA) is 66.8 Å². The van der Waals surface area contributed by atoms with E-state index in [0.29, 0.717) is 25.4 Å². The molecule has 0 aromatic heterocycles. The molecule has 0 saturated carbocycles. The number of hydrogen-bond acceptors (Lipinski definition) is 4. The summed E-state index contributed by atoms with van der Waals surface area (Å²) in [5.74, 6) is 6.20. The Kier molecular flexibility index (Phi) is 8.62. The van der Waals surface area contributed by atoms with Crippen molar-refractivity contribution in [1.29, 1.82) is 0 Å². The fourth-order valence-electron chi connectivity index (χ4n) is 3.27. The molecule has 2 rings (SSSR count). The zero-order valence-electron chi connectivity index (χ0n) is 16.3. The maximum Gasteiger partial charge on any atom is 0.218 e. The summed E-state index contributed by atoms with van der Waals surface area (Å²) in [5.41, 5.74) is 1.21. The number of nitrogens with zero attached hydrogens (tertiary/aromatic N) is 1. The highest BCUT2D eigenvalue weighted by Gasteiger charge is 2.30. The monoisotopic (exact) mass is 392 g/mol. The second-order valence-corrected chi connectivity index (χ2v) is 8.88. The third kappa shape index (κ3) is 6.84. The van der Waals surface area contributed by atoms with Gasteiger partial charge in [0.25, 0.3) is 0 Å². The molecule has 0 bridgehead atoms. The van der Waals surface area contributed by atoms with E-state index in [-0.39, 0.29) is 6.10 Å². The number of methoxy groups -OCH3 is 1. The van der Waals surface area contributed by atoms with Gasteiger partial charge in [-0.25, -0.2) is 12.7 Å². The van der Waals surface area contributed by atoms with E-state index >= 15 is 0 Å². The van der Waals surface area contributed by atoms with E-state index in [4.69, 9.17) is 4.74 Å². The number of piperidine rings is 1. The molecule has 1 saturated heterocycles. The highest BCUT2D eigenvalue weighted by atomic mass is 32.2. The minimum Gasteiger partial charge on any atom is -0.497 e. The zero-order chi connectivity index (χ0) is 19.7. The fourth-order valence-corrected chi connectivity index (χ4v) is 4.64. The summed E-state index contributed by atoms with van der Waals surface area (Å²) in [6.07, 6.45) is 5.15. The molecule has 1 aliphatic heterocycles. The Balaban J connectivity index is 1.84. The van der Waals surface area contributed by atoms with E-state index in [0.717, 1.165) is 37.9 Å². The molecule has 1 heterocycles. The van der Waals surface area contributed by atoms with Gasteiger partial charge >= 0.3 is 0 Å². The molecule has 6 heteroatoms. The number of benzene rings is 1. The van der Waals surface area contributed by atoms with Gasteiger partial charge in [0, 0.05) is 19.5 Å². The van der Waals surface area contributed by atoms with Gasteiger partial charge in [-0.15, -0.1) is 5.92 Å². The number of hydrogen-bond donors (Lipinski definition) is 1. The smallest absolute Gasteiger partial charge is 0.218 e. The van der Waals surface area contributed by atoms with Crippen molar-refractivity contribution in [3.63, 3.8) is 0 Å². The van der Waals surface area contributed by atoms with Crippen molar-refractivity contribution in [2.24, 2.45) is 0 Å². The van der Waals surface area contributed by atoms with Crippen LogP contribution in [0.25, 0.3) is 0 Å². The number of rotatable bonds is 8. The Morgan fingerprint density at radius 2 is 1.89 bits per heavy atom. The van der Waals surface area contributed by atoms with Crippen LogP contribution in [0.3, 0.4) is 0 Å². The number of unbranched alkanes of at least 4 members (excludes halogenated alkanes) is 3. The molecule has 0 unspecified atom stereocenters. The molecule has 1 aromatic carbocycles. The molecule has 0 aliphatic carbocycles. The lowest BCUT2D eigenvalue weighted by Crippen LogP contribution is -2.40. The van der Waals surface area contributed by atoms with Gasteiger partial charge < -0.3 is 9.84 Å². The molecular formula is C21H30NO4S. The van der Waals surface area contributed by atoms with Gasteiger partial charge in [-0.05, 0) is 42.9 Å². The van der Waals surface area contributed by atoms with E-state index in [1.54, 1.807) is 7.11 Å². The summed E-state index contributed by atoms with van der Waals surface area (Å²) < 4.78 is 31.7. The van der Waals surface area contributed by atoms with E-state index in [1.807, 2.05) is 24.3 Å². The lowest BCUT2D eigenvalue weighted by molar-refractivity contribution is 0.311. The van der Waals surface area contributed by atoms with Crippen molar-refractivity contribution < 1.29 is 18.3 Å². The van der Waals surface area contributed by atoms with Crippen LogP contribution >= 0.6 is 0 Å². The lowest BCUT2D eigenvalue weighted by atomic mass is 9.90. The predicted octanol–water partition coefficient (Wildman–Crippen LogP) is 3.69. The van der Waals surface area contributed by atoms with Crippen LogP contribution < -0.4 is 4.74 Å². The largest absolute Gasteiger partial charge is 0.497 e. The third-order valence-electron chi connectivity index (χ3n) is 4.89. The summed E-state index contributed by atoms with van der Waals surface area (Å²) in [7, 11) is -1.88. The number of aliphatic hydroxyl groups is 1. The highest BCUT2D eigenvalue weighted by Crippen LogP contribution is 2.30. The van der Waals surface area contributed by atoms with E-state index in [2.05, 4.69) is 18.8 Å². The van der Waals surface area contributed by atoms with Crippen molar-refractivity contribution in [1.82, 2.24) is 4.31 Å². The minimum atomic E-state index is -3.52. The maximum atomic E-state index is 12.5. The van der Waals surface area contributed by atoms with Crippen LogP contribution in [0.15, 0.2) is 24.3 Å². The molecule has 149 valence electrons. The van der Waals surface area contributed by atoms with Crippen LogP contribution in [-0.2, 0) is 10.0 Å². The Morgan fingerprint density at radius 1 is 1.22 bits per heavy atom. The van der Waals surface area contributed by atoms with Gasteiger partial charge in [0.05, 0.1) is 7.11 Å². The normalized spacial score (nSPS) is 16.1. The molecule has 1 fully saturated rings. The first-order valence-electron chi connectivity index (χ1n) is 9.61. The van der Waals surface area contributed by atoms with Crippen molar-refractivity contribution in [3.05, 3.63) is 35.9 Å². The molecule has 0 amide bonds. The summed E-state index contributed by atoms with van der Waals surface area (Å²) in [4.78, 5) is 0. The standard InChI is InChI=1S/C21H30NO4S/c1-3-4-5-6-7-8-20(23)17-27(24,25)22-15-13-19(14-16-22)18-9-11-21(26-2)12-10-18/h9-12,19,23H,3-6,13-17H2,1-2H3. The molecule has 27 heavy (non-hydrogen) atoms. The Hall–Kier alpha value is -1.55. The van der Waals surface area contributed by atoms with Crippen LogP contribution in [0.4, 0.5) is 0 Å². The van der Waals surface area contributed by atoms with E-state index < -0.39 is 15.8 Å². The molecule has 1 N–H and O–H groups in total. The third-order valence-corrected chi connectivity index (χ3v) is 6.68. The van der Waals surface area contributed by atoms with Crippen molar-refractivity contribution >= 4 is 10.0 Å². The number of sulfonamides is 1. The first-order valence-corrected chi connectivity index (χ1v) is 11.2. The Morgan fingerprint density at radius 3 is 2.48 bits per heavy atom. The van der Waals surface area contributed by atoms with Crippen molar-refractivity contribution in [2.45, 2.75) is 51.4 Å². The fraction of sp³-hybridized carbons (Fsp3) is 0.571. The van der Waals surface area contributed by atoms with Gasteiger partial charge in [0.1, 0.15) is 11.5 Å². The molecule has 5 nitrogen and oxygen atoms in total. The minimum absolute atomic E-state index is 0.260. The summed E-state index contributed by atoms with van der Waals surface area (Å²) >= 11 is 0. The van der Waals surface area contributed by atoms with Gasteiger partial charge in [0.15, 0.2) is 6.10 Å².